The number of aryl methyl sites for hydroxylation is 2. The van der Waals surface area contributed by atoms with Crippen LogP contribution in [0.5, 0.6) is 5.88 Å². The number of ether oxygens (including phenoxy) is 1. The Bertz CT molecular complexity index is 1230. The molecular weight excluding hydrogens is 378 g/mol. The van der Waals surface area contributed by atoms with Gasteiger partial charge in [0.2, 0.25) is 5.88 Å². The van der Waals surface area contributed by atoms with Crippen LogP contribution in [-0.4, -0.2) is 30.2 Å². The molecule has 7 heteroatoms. The van der Waals surface area contributed by atoms with E-state index in [1.165, 1.54) is 0 Å². The third-order valence-electron chi connectivity index (χ3n) is 4.99. The summed E-state index contributed by atoms with van der Waals surface area (Å²) < 4.78 is 9.46. The minimum Gasteiger partial charge on any atom is -0.475 e. The van der Waals surface area contributed by atoms with E-state index in [0.717, 1.165) is 22.6 Å². The quantitative estimate of drug-likeness (QED) is 0.505. The van der Waals surface area contributed by atoms with Crippen LogP contribution in [0, 0.1) is 6.92 Å². The number of rotatable bonds is 5. The first-order valence-electron chi connectivity index (χ1n) is 9.99. The van der Waals surface area contributed by atoms with Crippen molar-refractivity contribution in [3.05, 3.63) is 70.4 Å². The fraction of sp³-hybridized carbons (Fsp3) is 0.304. The van der Waals surface area contributed by atoms with Crippen molar-refractivity contribution in [1.29, 1.82) is 0 Å². The number of nitrogens with zero attached hydrogens (tertiary/aromatic N) is 5. The van der Waals surface area contributed by atoms with Crippen LogP contribution in [0.1, 0.15) is 38.1 Å². The van der Waals surface area contributed by atoms with E-state index in [4.69, 9.17) is 14.7 Å². The van der Waals surface area contributed by atoms with Crippen LogP contribution >= 0.6 is 0 Å². The average Bonchev–Trinajstić information content (AvgIpc) is 3.10. The van der Waals surface area contributed by atoms with Gasteiger partial charge in [0, 0.05) is 36.6 Å². The Balaban J connectivity index is 1.98. The lowest BCUT2D eigenvalue weighted by molar-refractivity contribution is 0.233. The van der Waals surface area contributed by atoms with E-state index in [0.29, 0.717) is 17.1 Å². The van der Waals surface area contributed by atoms with Gasteiger partial charge in [-0.2, -0.15) is 4.98 Å². The van der Waals surface area contributed by atoms with Crippen LogP contribution in [0.15, 0.2) is 53.6 Å². The van der Waals surface area contributed by atoms with Gasteiger partial charge in [-0.1, -0.05) is 6.07 Å². The topological polar surface area (TPSA) is 74.8 Å². The third-order valence-corrected chi connectivity index (χ3v) is 4.99. The molecule has 1 atom stereocenters. The molecule has 154 valence electrons. The van der Waals surface area contributed by atoms with Crippen LogP contribution in [0.25, 0.3) is 22.6 Å². The van der Waals surface area contributed by atoms with Crippen LogP contribution < -0.4 is 10.3 Å². The van der Waals surface area contributed by atoms with E-state index in [-0.39, 0.29) is 17.7 Å². The van der Waals surface area contributed by atoms with Crippen molar-refractivity contribution in [2.45, 2.75) is 39.8 Å². The Morgan fingerprint density at radius 3 is 2.53 bits per heavy atom. The normalized spacial score (nSPS) is 12.5. The maximum absolute atomic E-state index is 12.2. The monoisotopic (exact) mass is 403 g/mol. The molecule has 0 saturated carbocycles. The molecule has 0 amide bonds. The minimum absolute atomic E-state index is 0.0188. The number of hydrogen-bond acceptors (Lipinski definition) is 5. The maximum Gasteiger partial charge on any atom is 0.253 e. The van der Waals surface area contributed by atoms with E-state index < -0.39 is 0 Å². The molecule has 0 radical (unpaired) electrons. The van der Waals surface area contributed by atoms with Gasteiger partial charge in [0.05, 0.1) is 17.8 Å². The lowest BCUT2D eigenvalue weighted by atomic mass is 10.1. The van der Waals surface area contributed by atoms with E-state index in [1.807, 2.05) is 63.4 Å². The zero-order valence-electron chi connectivity index (χ0n) is 17.8. The van der Waals surface area contributed by atoms with Crippen molar-refractivity contribution in [2.75, 3.05) is 0 Å². The highest BCUT2D eigenvalue weighted by Crippen LogP contribution is 2.31. The van der Waals surface area contributed by atoms with Gasteiger partial charge in [0.15, 0.2) is 5.65 Å². The second-order valence-corrected chi connectivity index (χ2v) is 7.72. The standard InChI is InChI=1S/C23H25N5O2/c1-14(2)30-20-10-9-19-22(26-20)28(16(4)18-8-6-7-11-24-18)21(25-19)17-12-15(3)23(29)27(5)13-17/h6-14,16H,1-5H3. The van der Waals surface area contributed by atoms with E-state index >= 15 is 0 Å². The Morgan fingerprint density at radius 2 is 1.87 bits per heavy atom. The molecule has 0 aliphatic carbocycles. The van der Waals surface area contributed by atoms with Gasteiger partial charge in [0.25, 0.3) is 5.56 Å². The van der Waals surface area contributed by atoms with Crippen molar-refractivity contribution in [1.82, 2.24) is 24.1 Å². The van der Waals surface area contributed by atoms with Gasteiger partial charge >= 0.3 is 0 Å². The summed E-state index contributed by atoms with van der Waals surface area (Å²) in [6.45, 7) is 7.82. The fourth-order valence-electron chi connectivity index (χ4n) is 3.59. The first-order chi connectivity index (χ1) is 14.3. The molecule has 0 saturated heterocycles. The number of pyridine rings is 3. The van der Waals surface area contributed by atoms with Crippen LogP contribution in [-0.2, 0) is 7.05 Å². The van der Waals surface area contributed by atoms with Gasteiger partial charge in [-0.3, -0.25) is 14.3 Å². The second kappa shape index (κ2) is 7.74. The number of aromatic nitrogens is 5. The first kappa shape index (κ1) is 19.8. The minimum atomic E-state index is -0.120. The Kier molecular flexibility index (Phi) is 5.11. The van der Waals surface area contributed by atoms with E-state index in [2.05, 4.69) is 16.5 Å². The molecule has 4 heterocycles. The molecule has 0 aromatic carbocycles. The summed E-state index contributed by atoms with van der Waals surface area (Å²) >= 11 is 0. The smallest absolute Gasteiger partial charge is 0.253 e. The summed E-state index contributed by atoms with van der Waals surface area (Å²) in [6, 6.07) is 11.4. The summed E-state index contributed by atoms with van der Waals surface area (Å²) in [7, 11) is 1.75. The van der Waals surface area contributed by atoms with Gasteiger partial charge in [-0.25, -0.2) is 4.98 Å². The first-order valence-corrected chi connectivity index (χ1v) is 9.99. The van der Waals surface area contributed by atoms with E-state index in [9.17, 15) is 4.79 Å². The number of imidazole rings is 1. The third kappa shape index (κ3) is 3.58. The van der Waals surface area contributed by atoms with Crippen molar-refractivity contribution < 1.29 is 4.74 Å². The Morgan fingerprint density at radius 1 is 1.07 bits per heavy atom. The average molecular weight is 403 g/mol. The zero-order valence-corrected chi connectivity index (χ0v) is 17.8. The molecule has 4 rings (SSSR count). The molecule has 0 aliphatic heterocycles. The molecule has 0 fully saturated rings. The number of fused-ring (bicyclic) bond motifs is 1. The van der Waals surface area contributed by atoms with Crippen molar-refractivity contribution >= 4 is 11.2 Å². The highest BCUT2D eigenvalue weighted by molar-refractivity contribution is 5.78. The van der Waals surface area contributed by atoms with Crippen LogP contribution in [0.4, 0.5) is 0 Å². The van der Waals surface area contributed by atoms with E-state index in [1.54, 1.807) is 17.8 Å². The van der Waals surface area contributed by atoms with Crippen molar-refractivity contribution in [2.24, 2.45) is 7.05 Å². The molecule has 7 nitrogen and oxygen atoms in total. The largest absolute Gasteiger partial charge is 0.475 e. The Hall–Kier alpha value is -3.48. The van der Waals surface area contributed by atoms with Crippen molar-refractivity contribution in [3.63, 3.8) is 0 Å². The van der Waals surface area contributed by atoms with Crippen LogP contribution in [0.2, 0.25) is 0 Å². The summed E-state index contributed by atoms with van der Waals surface area (Å²) in [4.78, 5) is 26.4. The zero-order chi connectivity index (χ0) is 21.4. The molecule has 4 aromatic rings. The molecular formula is C23H25N5O2. The van der Waals surface area contributed by atoms with Gasteiger partial charge in [0.1, 0.15) is 11.3 Å². The van der Waals surface area contributed by atoms with Crippen LogP contribution in [0.3, 0.4) is 0 Å². The van der Waals surface area contributed by atoms with Gasteiger partial charge < -0.3 is 9.30 Å². The van der Waals surface area contributed by atoms with Gasteiger partial charge in [-0.05, 0) is 52.0 Å². The summed E-state index contributed by atoms with van der Waals surface area (Å²) in [5, 5.41) is 0. The molecule has 0 N–H and O–H groups in total. The molecule has 0 bridgehead atoms. The second-order valence-electron chi connectivity index (χ2n) is 7.72. The highest BCUT2D eigenvalue weighted by atomic mass is 16.5. The Labute approximate surface area is 175 Å². The molecule has 0 aliphatic rings. The fourth-order valence-corrected chi connectivity index (χ4v) is 3.59. The molecule has 4 aromatic heterocycles. The number of hydrogen-bond donors (Lipinski definition) is 0. The maximum atomic E-state index is 12.2. The highest BCUT2D eigenvalue weighted by Gasteiger charge is 2.22. The summed E-state index contributed by atoms with van der Waals surface area (Å²) in [5.41, 5.74) is 3.86. The summed E-state index contributed by atoms with van der Waals surface area (Å²) in [5.74, 6) is 1.28. The molecule has 30 heavy (non-hydrogen) atoms. The predicted molar refractivity (Wildman–Crippen MR) is 117 cm³/mol. The molecule has 1 unspecified atom stereocenters. The predicted octanol–water partition coefficient (Wildman–Crippen LogP) is 3.90. The summed E-state index contributed by atoms with van der Waals surface area (Å²) in [6.07, 6.45) is 3.61. The lowest BCUT2D eigenvalue weighted by Gasteiger charge is -2.18. The molecule has 0 spiro atoms. The lowest BCUT2D eigenvalue weighted by Crippen LogP contribution is -2.19. The van der Waals surface area contributed by atoms with Gasteiger partial charge in [-0.15, -0.1) is 0 Å². The SMILES string of the molecule is Cc1cc(-c2nc3ccc(OC(C)C)nc3n2C(C)c2ccccn2)cn(C)c1=O. The van der Waals surface area contributed by atoms with Crippen molar-refractivity contribution in [3.8, 4) is 17.3 Å².